The number of nitrogens with zero attached hydrogens (tertiary/aromatic N) is 1. The Morgan fingerprint density at radius 1 is 1.00 bits per heavy atom. The van der Waals surface area contributed by atoms with Crippen molar-refractivity contribution >= 4 is 17.3 Å². The molecule has 0 saturated heterocycles. The molecular formula is C25H25FN2O2. The Hall–Kier alpha value is -3.21. The van der Waals surface area contributed by atoms with Crippen LogP contribution in [0.15, 0.2) is 67.0 Å². The van der Waals surface area contributed by atoms with Gasteiger partial charge in [0, 0.05) is 18.2 Å². The first-order valence-electron chi connectivity index (χ1n) is 10.4. The van der Waals surface area contributed by atoms with Gasteiger partial charge < -0.3 is 10.4 Å². The normalized spacial score (nSPS) is 18.7. The summed E-state index contributed by atoms with van der Waals surface area (Å²) in [6.45, 7) is 0. The number of aliphatic carboxylic acids is 1. The lowest BCUT2D eigenvalue weighted by Crippen LogP contribution is -2.16. The largest absolute Gasteiger partial charge is 0.481 e. The van der Waals surface area contributed by atoms with Crippen LogP contribution in [0.25, 0.3) is 11.1 Å². The van der Waals surface area contributed by atoms with E-state index >= 15 is 0 Å². The zero-order valence-corrected chi connectivity index (χ0v) is 16.7. The zero-order valence-electron chi connectivity index (χ0n) is 16.7. The summed E-state index contributed by atoms with van der Waals surface area (Å²) in [4.78, 5) is 15.2. The van der Waals surface area contributed by atoms with Crippen LogP contribution >= 0.6 is 0 Å². The number of halogens is 1. The zero-order chi connectivity index (χ0) is 20.9. The smallest absolute Gasteiger partial charge is 0.303 e. The molecule has 1 fully saturated rings. The number of aromatic nitrogens is 1. The summed E-state index contributed by atoms with van der Waals surface area (Å²) in [5.41, 5.74) is 4.49. The van der Waals surface area contributed by atoms with Crippen molar-refractivity contribution in [2.45, 2.75) is 38.0 Å². The van der Waals surface area contributed by atoms with Gasteiger partial charge in [-0.05, 0) is 66.8 Å². The van der Waals surface area contributed by atoms with Gasteiger partial charge in [0.15, 0.2) is 0 Å². The number of carbonyl (C=O) groups is 1. The summed E-state index contributed by atoms with van der Waals surface area (Å²) in [5, 5.41) is 12.1. The number of para-hydroxylation sites is 1. The highest BCUT2D eigenvalue weighted by Crippen LogP contribution is 2.37. The quantitative estimate of drug-likeness (QED) is 0.500. The molecule has 154 valence electrons. The highest BCUT2D eigenvalue weighted by Gasteiger charge is 2.23. The first kappa shape index (κ1) is 20.1. The minimum atomic E-state index is -0.692. The van der Waals surface area contributed by atoms with Crippen LogP contribution in [0, 0.1) is 11.7 Å². The second-order valence-corrected chi connectivity index (χ2v) is 8.00. The monoisotopic (exact) mass is 404 g/mol. The Morgan fingerprint density at radius 2 is 1.73 bits per heavy atom. The average Bonchev–Trinajstić information content (AvgIpc) is 2.76. The van der Waals surface area contributed by atoms with Gasteiger partial charge in [0.25, 0.3) is 0 Å². The SMILES string of the molecule is O=C(O)CC1CCC(c2ccc(-c3cncc(Nc4ccccc4F)c3)cc2)CC1. The van der Waals surface area contributed by atoms with Crippen molar-refractivity contribution in [3.05, 3.63) is 78.4 Å². The Bertz CT molecular complexity index is 1010. The van der Waals surface area contributed by atoms with Gasteiger partial charge in [-0.1, -0.05) is 36.4 Å². The molecule has 0 bridgehead atoms. The van der Waals surface area contributed by atoms with Gasteiger partial charge >= 0.3 is 5.97 Å². The number of hydrogen-bond donors (Lipinski definition) is 2. The van der Waals surface area contributed by atoms with Crippen molar-refractivity contribution in [2.75, 3.05) is 5.32 Å². The van der Waals surface area contributed by atoms with Crippen molar-refractivity contribution in [3.8, 4) is 11.1 Å². The molecule has 2 aromatic carbocycles. The molecule has 30 heavy (non-hydrogen) atoms. The lowest BCUT2D eigenvalue weighted by atomic mass is 9.77. The van der Waals surface area contributed by atoms with Crippen LogP contribution in [0.2, 0.25) is 0 Å². The summed E-state index contributed by atoms with van der Waals surface area (Å²) >= 11 is 0. The van der Waals surface area contributed by atoms with Crippen LogP contribution in [0.5, 0.6) is 0 Å². The number of pyridine rings is 1. The first-order valence-corrected chi connectivity index (χ1v) is 10.4. The fourth-order valence-corrected chi connectivity index (χ4v) is 4.28. The standard InChI is InChI=1S/C25H25FN2O2/c26-23-3-1-2-4-24(23)28-22-14-21(15-27-16-22)20-11-9-19(10-12-20)18-7-5-17(6-8-18)13-25(29)30/h1-4,9-12,14-18,28H,5-8,13H2,(H,29,30). The van der Waals surface area contributed by atoms with E-state index in [1.807, 2.05) is 6.07 Å². The summed E-state index contributed by atoms with van der Waals surface area (Å²) in [6, 6.07) is 17.1. The third-order valence-electron chi connectivity index (χ3n) is 5.92. The summed E-state index contributed by atoms with van der Waals surface area (Å²) in [6.07, 6.45) is 7.81. The molecule has 1 heterocycles. The molecule has 1 aliphatic carbocycles. The summed E-state index contributed by atoms with van der Waals surface area (Å²) in [5.74, 6) is -0.182. The van der Waals surface area contributed by atoms with Crippen molar-refractivity contribution in [2.24, 2.45) is 5.92 Å². The van der Waals surface area contributed by atoms with Gasteiger partial charge in [-0.25, -0.2) is 4.39 Å². The molecule has 0 atom stereocenters. The maximum Gasteiger partial charge on any atom is 0.303 e. The number of nitrogens with one attached hydrogen (secondary N) is 1. The lowest BCUT2D eigenvalue weighted by molar-refractivity contribution is -0.138. The molecule has 3 aromatic rings. The van der Waals surface area contributed by atoms with E-state index in [4.69, 9.17) is 5.11 Å². The Kier molecular flexibility index (Phi) is 6.07. The van der Waals surface area contributed by atoms with Crippen LogP contribution in [0.4, 0.5) is 15.8 Å². The van der Waals surface area contributed by atoms with Gasteiger partial charge in [0.1, 0.15) is 5.82 Å². The van der Waals surface area contributed by atoms with Crippen LogP contribution < -0.4 is 5.32 Å². The number of rotatable bonds is 6. The van der Waals surface area contributed by atoms with E-state index in [-0.39, 0.29) is 12.2 Å². The molecule has 1 aromatic heterocycles. The predicted molar refractivity (Wildman–Crippen MR) is 116 cm³/mol. The molecule has 0 spiro atoms. The first-order chi connectivity index (χ1) is 14.6. The maximum absolute atomic E-state index is 13.9. The van der Waals surface area contributed by atoms with Gasteiger partial charge in [0.2, 0.25) is 0 Å². The Balaban J connectivity index is 1.43. The van der Waals surface area contributed by atoms with Crippen molar-refractivity contribution < 1.29 is 14.3 Å². The van der Waals surface area contributed by atoms with E-state index in [0.29, 0.717) is 17.5 Å². The highest BCUT2D eigenvalue weighted by molar-refractivity contribution is 5.70. The van der Waals surface area contributed by atoms with Gasteiger partial charge in [-0.2, -0.15) is 0 Å². The number of hydrogen-bond acceptors (Lipinski definition) is 3. The molecule has 0 amide bonds. The fraction of sp³-hybridized carbons (Fsp3) is 0.280. The Morgan fingerprint density at radius 3 is 2.43 bits per heavy atom. The molecule has 0 aliphatic heterocycles. The van der Waals surface area contributed by atoms with E-state index in [1.54, 1.807) is 30.6 Å². The minimum Gasteiger partial charge on any atom is -0.481 e. The third kappa shape index (κ3) is 4.85. The summed E-state index contributed by atoms with van der Waals surface area (Å²) in [7, 11) is 0. The number of carboxylic acid groups (broad SMARTS) is 1. The number of carboxylic acids is 1. The molecule has 4 rings (SSSR count). The van der Waals surface area contributed by atoms with Gasteiger partial charge in [-0.15, -0.1) is 0 Å². The van der Waals surface area contributed by atoms with Crippen LogP contribution in [0.1, 0.15) is 43.6 Å². The molecule has 5 heteroatoms. The Labute approximate surface area is 175 Å². The van der Waals surface area contributed by atoms with Crippen molar-refractivity contribution in [3.63, 3.8) is 0 Å². The molecule has 2 N–H and O–H groups in total. The molecule has 1 aliphatic rings. The van der Waals surface area contributed by atoms with Crippen molar-refractivity contribution in [1.82, 2.24) is 4.98 Å². The number of benzene rings is 2. The third-order valence-corrected chi connectivity index (χ3v) is 5.92. The van der Waals surface area contributed by atoms with Crippen LogP contribution in [-0.2, 0) is 4.79 Å². The molecular weight excluding hydrogens is 379 g/mol. The minimum absolute atomic E-state index is 0.288. The van der Waals surface area contributed by atoms with E-state index in [2.05, 4.69) is 34.6 Å². The maximum atomic E-state index is 13.9. The fourth-order valence-electron chi connectivity index (χ4n) is 4.28. The second-order valence-electron chi connectivity index (χ2n) is 8.00. The average molecular weight is 404 g/mol. The van der Waals surface area contributed by atoms with Crippen LogP contribution in [0.3, 0.4) is 0 Å². The van der Waals surface area contributed by atoms with E-state index < -0.39 is 5.97 Å². The van der Waals surface area contributed by atoms with E-state index in [9.17, 15) is 9.18 Å². The van der Waals surface area contributed by atoms with Crippen molar-refractivity contribution in [1.29, 1.82) is 0 Å². The molecule has 0 radical (unpaired) electrons. The second kappa shape index (κ2) is 9.08. The van der Waals surface area contributed by atoms with Gasteiger partial charge in [-0.3, -0.25) is 9.78 Å². The van der Waals surface area contributed by atoms with Gasteiger partial charge in [0.05, 0.1) is 17.6 Å². The summed E-state index contributed by atoms with van der Waals surface area (Å²) < 4.78 is 13.9. The number of anilines is 2. The predicted octanol–water partition coefficient (Wildman–Crippen LogP) is 6.38. The molecule has 1 saturated carbocycles. The van der Waals surface area contributed by atoms with Crippen LogP contribution in [-0.4, -0.2) is 16.1 Å². The molecule has 0 unspecified atom stereocenters. The van der Waals surface area contributed by atoms with E-state index in [0.717, 1.165) is 42.5 Å². The highest BCUT2D eigenvalue weighted by atomic mass is 19.1. The lowest BCUT2D eigenvalue weighted by Gasteiger charge is -2.28. The molecule has 4 nitrogen and oxygen atoms in total. The topological polar surface area (TPSA) is 62.2 Å². The van der Waals surface area contributed by atoms with E-state index in [1.165, 1.54) is 11.6 Å².